The number of carbonyl (C=O) groups is 3. The molecule has 0 radical (unpaired) electrons. The number of aliphatic hydroxyl groups excluding tert-OH is 2. The molecule has 2 N–H and O–H groups in total. The quantitative estimate of drug-likeness (QED) is 0.402. The molecule has 6 nitrogen and oxygen atoms in total. The summed E-state index contributed by atoms with van der Waals surface area (Å²) in [6, 6.07) is 0. The highest BCUT2D eigenvalue weighted by Gasteiger charge is 2.70. The Labute approximate surface area is 203 Å². The third-order valence-corrected chi connectivity index (χ3v) is 10.1. The zero-order chi connectivity index (χ0) is 24.7. The molecule has 0 aliphatic heterocycles. The molecule has 0 bridgehead atoms. The van der Waals surface area contributed by atoms with E-state index in [2.05, 4.69) is 13.8 Å². The molecule has 0 aromatic heterocycles. The van der Waals surface area contributed by atoms with Crippen LogP contribution in [0.3, 0.4) is 0 Å². The Balaban J connectivity index is 1.63. The zero-order valence-corrected chi connectivity index (χ0v) is 21.1. The molecule has 0 aromatic rings. The second kappa shape index (κ2) is 9.50. The first-order valence-electron chi connectivity index (χ1n) is 13.4. The molecule has 4 aliphatic rings. The largest absolute Gasteiger partial charge is 0.450 e. The van der Waals surface area contributed by atoms with Crippen molar-refractivity contribution in [3.8, 4) is 0 Å². The molecule has 0 aromatic carbocycles. The van der Waals surface area contributed by atoms with Crippen LogP contribution in [-0.4, -0.2) is 46.1 Å². The Morgan fingerprint density at radius 3 is 2.59 bits per heavy atom. The van der Waals surface area contributed by atoms with E-state index in [9.17, 15) is 24.6 Å². The molecule has 190 valence electrons. The molecule has 3 saturated carbocycles. The first kappa shape index (κ1) is 25.6. The number of esters is 1. The van der Waals surface area contributed by atoms with Crippen LogP contribution in [0, 0.1) is 28.6 Å². The van der Waals surface area contributed by atoms with Crippen LogP contribution in [-0.2, 0) is 19.1 Å². The summed E-state index contributed by atoms with van der Waals surface area (Å²) in [7, 11) is 0. The maximum atomic E-state index is 13.2. The van der Waals surface area contributed by atoms with Crippen molar-refractivity contribution in [3.05, 3.63) is 11.6 Å². The van der Waals surface area contributed by atoms with Gasteiger partial charge in [-0.3, -0.25) is 14.4 Å². The number of Topliss-reactive ketones (excluding diaryl/α,β-unsaturated/α-hetero) is 1. The van der Waals surface area contributed by atoms with Crippen molar-refractivity contribution in [2.45, 2.75) is 110 Å². The average Bonchev–Trinajstić information content (AvgIpc) is 3.08. The number of allylic oxidation sites excluding steroid dienone is 1. The Bertz CT molecular complexity index is 863. The fourth-order valence-corrected chi connectivity index (χ4v) is 8.43. The number of unbranched alkanes of at least 4 members (excludes halogenated alkanes) is 3. The van der Waals surface area contributed by atoms with Gasteiger partial charge in [0, 0.05) is 18.3 Å². The molecule has 6 heteroatoms. The normalized spacial score (nSPS) is 41.2. The number of ether oxygens (including phenoxy) is 1. The van der Waals surface area contributed by atoms with Crippen LogP contribution in [0.4, 0.5) is 0 Å². The number of aliphatic hydroxyl groups is 2. The van der Waals surface area contributed by atoms with Crippen molar-refractivity contribution >= 4 is 17.5 Å². The van der Waals surface area contributed by atoms with Crippen molar-refractivity contribution in [2.75, 3.05) is 6.61 Å². The third kappa shape index (κ3) is 3.89. The highest BCUT2D eigenvalue weighted by Crippen LogP contribution is 2.68. The number of hydrogen-bond donors (Lipinski definition) is 2. The van der Waals surface area contributed by atoms with Gasteiger partial charge in [-0.2, -0.15) is 0 Å². The Morgan fingerprint density at radius 1 is 1.12 bits per heavy atom. The molecule has 0 amide bonds. The first-order chi connectivity index (χ1) is 16.1. The summed E-state index contributed by atoms with van der Waals surface area (Å²) in [6.45, 7) is 5.65. The smallest absolute Gasteiger partial charge is 0.306 e. The van der Waals surface area contributed by atoms with E-state index in [0.29, 0.717) is 19.3 Å². The van der Waals surface area contributed by atoms with Gasteiger partial charge < -0.3 is 14.9 Å². The predicted molar refractivity (Wildman–Crippen MR) is 128 cm³/mol. The molecule has 0 spiro atoms. The van der Waals surface area contributed by atoms with Crippen molar-refractivity contribution in [1.82, 2.24) is 0 Å². The Kier molecular flexibility index (Phi) is 7.14. The van der Waals surface area contributed by atoms with Gasteiger partial charge in [0.2, 0.25) is 5.78 Å². The average molecular weight is 475 g/mol. The summed E-state index contributed by atoms with van der Waals surface area (Å²) in [6.07, 6.45) is 9.74. The number of rotatable bonds is 8. The lowest BCUT2D eigenvalue weighted by atomic mass is 9.45. The lowest BCUT2D eigenvalue weighted by Crippen LogP contribution is -2.63. The van der Waals surface area contributed by atoms with Gasteiger partial charge in [0.1, 0.15) is 6.61 Å². The lowest BCUT2D eigenvalue weighted by Gasteiger charge is -2.60. The second-order valence-electron chi connectivity index (χ2n) is 11.8. The summed E-state index contributed by atoms with van der Waals surface area (Å²) in [5.41, 5.74) is -1.13. The van der Waals surface area contributed by atoms with Crippen LogP contribution in [0.1, 0.15) is 97.8 Å². The van der Waals surface area contributed by atoms with E-state index in [0.717, 1.165) is 51.4 Å². The molecule has 0 saturated heterocycles. The second-order valence-corrected chi connectivity index (χ2v) is 11.8. The Hall–Kier alpha value is -1.53. The molecule has 4 rings (SSSR count). The highest BCUT2D eigenvalue weighted by atomic mass is 16.6. The first-order valence-corrected chi connectivity index (χ1v) is 13.4. The third-order valence-electron chi connectivity index (χ3n) is 10.1. The van der Waals surface area contributed by atoms with E-state index in [1.54, 1.807) is 0 Å². The molecule has 7 unspecified atom stereocenters. The van der Waals surface area contributed by atoms with Crippen LogP contribution >= 0.6 is 0 Å². The topological polar surface area (TPSA) is 101 Å². The van der Waals surface area contributed by atoms with E-state index in [4.69, 9.17) is 4.74 Å². The van der Waals surface area contributed by atoms with Crippen molar-refractivity contribution in [3.63, 3.8) is 0 Å². The number of ketones is 2. The SMILES string of the molecule is CCCCCCC(=O)OC1(C(=O)CO)CCC2C3CCC4=CC(=O)CCC4(C)C3C(O)CC21C. The van der Waals surface area contributed by atoms with Gasteiger partial charge in [0.15, 0.2) is 11.4 Å². The van der Waals surface area contributed by atoms with Crippen LogP contribution in [0.15, 0.2) is 11.6 Å². The fraction of sp³-hybridized carbons (Fsp3) is 0.821. The van der Waals surface area contributed by atoms with Crippen molar-refractivity contribution in [1.29, 1.82) is 0 Å². The summed E-state index contributed by atoms with van der Waals surface area (Å²) >= 11 is 0. The molecule has 0 heterocycles. The van der Waals surface area contributed by atoms with E-state index in [1.165, 1.54) is 5.57 Å². The molecule has 3 fully saturated rings. The minimum atomic E-state index is -1.38. The summed E-state index contributed by atoms with van der Waals surface area (Å²) in [5, 5.41) is 21.5. The molecule has 4 aliphatic carbocycles. The monoisotopic (exact) mass is 474 g/mol. The van der Waals surface area contributed by atoms with Gasteiger partial charge in [0.05, 0.1) is 6.10 Å². The van der Waals surface area contributed by atoms with E-state index >= 15 is 0 Å². The van der Waals surface area contributed by atoms with Crippen LogP contribution in [0.2, 0.25) is 0 Å². The van der Waals surface area contributed by atoms with Crippen molar-refractivity contribution in [2.24, 2.45) is 28.6 Å². The minimum Gasteiger partial charge on any atom is -0.450 e. The fourth-order valence-electron chi connectivity index (χ4n) is 8.43. The van der Waals surface area contributed by atoms with E-state index in [-0.39, 0.29) is 41.3 Å². The molecular formula is C28H42O6. The van der Waals surface area contributed by atoms with E-state index in [1.807, 2.05) is 13.0 Å². The lowest BCUT2D eigenvalue weighted by molar-refractivity contribution is -0.202. The van der Waals surface area contributed by atoms with Crippen LogP contribution in [0.25, 0.3) is 0 Å². The molecular weight excluding hydrogens is 432 g/mol. The van der Waals surface area contributed by atoms with Crippen LogP contribution < -0.4 is 0 Å². The number of hydrogen-bond acceptors (Lipinski definition) is 6. The summed E-state index contributed by atoms with van der Waals surface area (Å²) in [4.78, 5) is 38.2. The van der Waals surface area contributed by atoms with E-state index < -0.39 is 29.5 Å². The summed E-state index contributed by atoms with van der Waals surface area (Å²) < 4.78 is 6.06. The maximum absolute atomic E-state index is 13.2. The van der Waals surface area contributed by atoms with Gasteiger partial charge >= 0.3 is 5.97 Å². The zero-order valence-electron chi connectivity index (χ0n) is 21.1. The maximum Gasteiger partial charge on any atom is 0.306 e. The van der Waals surface area contributed by atoms with Crippen molar-refractivity contribution < 1.29 is 29.3 Å². The van der Waals surface area contributed by atoms with Gasteiger partial charge in [-0.25, -0.2) is 0 Å². The number of fused-ring (bicyclic) bond motifs is 5. The molecule has 7 atom stereocenters. The standard InChI is InChI=1S/C28H42O6/c1-4-5-6-7-8-24(33)34-28(23(32)17-29)14-12-21-20-10-9-18-15-19(30)11-13-26(18,2)25(20)22(31)16-27(21,28)3/h15,20-22,25,29,31H,4-14,16-17H2,1-3H3. The van der Waals surface area contributed by atoms with Gasteiger partial charge in [0.25, 0.3) is 0 Å². The van der Waals surface area contributed by atoms with Crippen LogP contribution in [0.5, 0.6) is 0 Å². The van der Waals surface area contributed by atoms with Gasteiger partial charge in [-0.15, -0.1) is 0 Å². The number of carbonyl (C=O) groups excluding carboxylic acids is 3. The summed E-state index contributed by atoms with van der Waals surface area (Å²) in [5.74, 6) is -0.274. The Morgan fingerprint density at radius 2 is 1.88 bits per heavy atom. The van der Waals surface area contributed by atoms with Gasteiger partial charge in [-0.1, -0.05) is 45.6 Å². The highest BCUT2D eigenvalue weighted by molar-refractivity contribution is 5.92. The predicted octanol–water partition coefficient (Wildman–Crippen LogP) is 4.30. The van der Waals surface area contributed by atoms with Gasteiger partial charge in [-0.05, 0) is 74.2 Å². The molecule has 34 heavy (non-hydrogen) atoms. The minimum absolute atomic E-state index is 0.0310.